The molecule has 9 fully saturated rings. The summed E-state index contributed by atoms with van der Waals surface area (Å²) in [6.07, 6.45) is 8.27. The number of rotatable bonds is 6. The molecule has 0 aromatic carbocycles. The molecular formula is C41H78N6O5. The van der Waals surface area contributed by atoms with E-state index in [1.807, 2.05) is 25.7 Å². The van der Waals surface area contributed by atoms with E-state index in [1.54, 1.807) is 6.92 Å². The summed E-state index contributed by atoms with van der Waals surface area (Å²) in [7, 11) is 0. The molecule has 0 atom stereocenters. The quantitative estimate of drug-likeness (QED) is 0.413. The van der Waals surface area contributed by atoms with Gasteiger partial charge in [0.2, 0.25) is 0 Å². The largest absolute Gasteiger partial charge is 0.444 e. The normalized spacial score (nSPS) is 29.6. The van der Waals surface area contributed by atoms with Crippen LogP contribution >= 0.6 is 0 Å². The van der Waals surface area contributed by atoms with Gasteiger partial charge in [-0.2, -0.15) is 0 Å². The zero-order valence-electron chi connectivity index (χ0n) is 33.9. The Morgan fingerprint density at radius 1 is 0.654 bits per heavy atom. The SMILES string of the molecule is C.C1CN(CC2CC3(CNC3)C2)CCO1.C1CN(CC2CC3(CNC3)C2)CCO1.CC(C)(C)OC(=O)N1CC2(CC(CN3CCOCC3)C2)C1.[2H]CC. The minimum Gasteiger partial charge on any atom is -0.444 e. The summed E-state index contributed by atoms with van der Waals surface area (Å²) >= 11 is 0. The second-order valence-corrected chi connectivity index (χ2v) is 18.6. The molecule has 52 heavy (non-hydrogen) atoms. The van der Waals surface area contributed by atoms with Crippen molar-refractivity contribution in [1.29, 1.82) is 0 Å². The zero-order chi connectivity index (χ0) is 36.7. The summed E-state index contributed by atoms with van der Waals surface area (Å²) in [5.74, 6) is 2.77. The first kappa shape index (κ1) is 40.6. The molecular weight excluding hydrogens is 656 g/mol. The molecule has 9 rings (SSSR count). The highest BCUT2D eigenvalue weighted by Gasteiger charge is 2.54. The molecule has 3 spiro atoms. The highest BCUT2D eigenvalue weighted by atomic mass is 16.6. The van der Waals surface area contributed by atoms with Crippen LogP contribution in [0.2, 0.25) is 0 Å². The number of carbonyl (C=O) groups is 1. The van der Waals surface area contributed by atoms with E-state index in [0.29, 0.717) is 12.3 Å². The predicted molar refractivity (Wildman–Crippen MR) is 209 cm³/mol. The number of nitrogens with zero attached hydrogens (tertiary/aromatic N) is 4. The van der Waals surface area contributed by atoms with Crippen molar-refractivity contribution in [2.75, 3.05) is 138 Å². The topological polar surface area (TPSA) is 91.0 Å². The third-order valence-corrected chi connectivity index (χ3v) is 12.9. The van der Waals surface area contributed by atoms with Gasteiger partial charge in [-0.15, -0.1) is 0 Å². The summed E-state index contributed by atoms with van der Waals surface area (Å²) < 4.78 is 27.7. The first-order valence-corrected chi connectivity index (χ1v) is 20.6. The number of likely N-dealkylation sites (tertiary alicyclic amines) is 1. The second-order valence-electron chi connectivity index (χ2n) is 18.6. The molecule has 3 saturated carbocycles. The fraction of sp³-hybridized carbons (Fsp3) is 0.976. The van der Waals surface area contributed by atoms with E-state index in [-0.39, 0.29) is 13.5 Å². The van der Waals surface area contributed by atoms with E-state index in [0.717, 1.165) is 121 Å². The average molecular weight is 736 g/mol. The van der Waals surface area contributed by atoms with Gasteiger partial charge in [-0.25, -0.2) is 4.79 Å². The fourth-order valence-corrected chi connectivity index (χ4v) is 10.3. The molecule has 0 unspecified atom stereocenters. The van der Waals surface area contributed by atoms with Crippen LogP contribution in [-0.4, -0.2) is 169 Å². The number of nitrogens with one attached hydrogen (secondary N) is 2. The highest BCUT2D eigenvalue weighted by molar-refractivity contribution is 5.69. The summed E-state index contributed by atoms with van der Waals surface area (Å²) in [6.45, 7) is 31.1. The number of hydrogen-bond acceptors (Lipinski definition) is 10. The van der Waals surface area contributed by atoms with Crippen LogP contribution in [0.4, 0.5) is 4.79 Å². The van der Waals surface area contributed by atoms with Gasteiger partial charge < -0.3 is 34.5 Å². The summed E-state index contributed by atoms with van der Waals surface area (Å²) in [6, 6.07) is 0. The molecule has 2 N–H and O–H groups in total. The Morgan fingerprint density at radius 3 is 1.23 bits per heavy atom. The second kappa shape index (κ2) is 18.7. The number of ether oxygens (including phenoxy) is 4. The standard InChI is InChI=1S/C16H28N2O3.2C11H20N2O.C2H6.CH4/c1-15(2,3)21-14(19)18-11-16(12-18)8-13(9-16)10-17-4-6-20-7-5-17;2*1-3-14-4-2-13(1)7-10-5-11(6-10)8-12-9-11;1-2;/h13H,4-12H2,1-3H3;2*10,12H,1-9H2;1-2H3;1H4/i;;;1D;. The van der Waals surface area contributed by atoms with Crippen molar-refractivity contribution < 1.29 is 25.1 Å². The first-order chi connectivity index (χ1) is 25.0. The van der Waals surface area contributed by atoms with Crippen LogP contribution < -0.4 is 10.6 Å². The molecule has 3 aliphatic carbocycles. The molecule has 11 nitrogen and oxygen atoms in total. The third-order valence-electron chi connectivity index (χ3n) is 12.9. The minimum atomic E-state index is -0.391. The van der Waals surface area contributed by atoms with Crippen molar-refractivity contribution >= 4 is 6.09 Å². The first-order valence-electron chi connectivity index (χ1n) is 21.3. The van der Waals surface area contributed by atoms with Crippen LogP contribution in [0.5, 0.6) is 0 Å². The molecule has 0 aromatic heterocycles. The van der Waals surface area contributed by atoms with Gasteiger partial charge in [0.15, 0.2) is 0 Å². The highest BCUT2D eigenvalue weighted by Crippen LogP contribution is 2.52. The van der Waals surface area contributed by atoms with Gasteiger partial charge >= 0.3 is 6.09 Å². The van der Waals surface area contributed by atoms with Crippen molar-refractivity contribution in [2.45, 2.75) is 86.1 Å². The zero-order valence-corrected chi connectivity index (χ0v) is 32.9. The molecule has 0 radical (unpaired) electrons. The monoisotopic (exact) mass is 736 g/mol. The van der Waals surface area contributed by atoms with Gasteiger partial charge in [-0.05, 0) is 87.9 Å². The summed E-state index contributed by atoms with van der Waals surface area (Å²) in [5, 5.41) is 6.79. The molecule has 0 aromatic rings. The molecule has 11 heteroatoms. The van der Waals surface area contributed by atoms with Crippen molar-refractivity contribution in [3.63, 3.8) is 0 Å². The third kappa shape index (κ3) is 11.3. The van der Waals surface area contributed by atoms with Crippen molar-refractivity contribution in [2.24, 2.45) is 34.0 Å². The maximum Gasteiger partial charge on any atom is 0.410 e. The van der Waals surface area contributed by atoms with E-state index in [9.17, 15) is 4.79 Å². The Kier molecular flexibility index (Phi) is 14.6. The Bertz CT molecular complexity index is 1020. The lowest BCUT2D eigenvalue weighted by molar-refractivity contribution is -0.104. The smallest absolute Gasteiger partial charge is 0.410 e. The number of hydrogen-bond donors (Lipinski definition) is 2. The van der Waals surface area contributed by atoms with Crippen LogP contribution in [0, 0.1) is 34.0 Å². The maximum absolute atomic E-state index is 11.9. The lowest BCUT2D eigenvalue weighted by Gasteiger charge is -2.59. The van der Waals surface area contributed by atoms with Gasteiger partial charge in [0.25, 0.3) is 0 Å². The van der Waals surface area contributed by atoms with Crippen molar-refractivity contribution in [1.82, 2.24) is 30.2 Å². The van der Waals surface area contributed by atoms with Gasteiger partial charge in [0, 0.05) is 105 Å². The van der Waals surface area contributed by atoms with Crippen LogP contribution in [0.15, 0.2) is 0 Å². The molecule has 6 heterocycles. The molecule has 1 amide bonds. The van der Waals surface area contributed by atoms with Crippen LogP contribution in [0.25, 0.3) is 0 Å². The average Bonchev–Trinajstić information content (AvgIpc) is 3.01. The van der Waals surface area contributed by atoms with Gasteiger partial charge in [-0.3, -0.25) is 14.7 Å². The van der Waals surface area contributed by atoms with Crippen LogP contribution in [-0.2, 0) is 18.9 Å². The molecule has 0 bridgehead atoms. The summed E-state index contributed by atoms with van der Waals surface area (Å²) in [4.78, 5) is 21.5. The molecule has 302 valence electrons. The van der Waals surface area contributed by atoms with Crippen molar-refractivity contribution in [3.05, 3.63) is 0 Å². The molecule has 6 saturated heterocycles. The Balaban J connectivity index is 0.000000150. The van der Waals surface area contributed by atoms with Gasteiger partial charge in [0.1, 0.15) is 5.60 Å². The lowest BCUT2D eigenvalue weighted by Crippen LogP contribution is -2.65. The fourth-order valence-electron chi connectivity index (χ4n) is 10.3. The molecule has 6 aliphatic heterocycles. The maximum atomic E-state index is 11.9. The molecule has 9 aliphatic rings. The van der Waals surface area contributed by atoms with Gasteiger partial charge in [-0.1, -0.05) is 21.3 Å². The van der Waals surface area contributed by atoms with Crippen LogP contribution in [0.3, 0.4) is 0 Å². The Labute approximate surface area is 318 Å². The Hall–Kier alpha value is -1.05. The predicted octanol–water partition coefficient (Wildman–Crippen LogP) is 4.26. The van der Waals surface area contributed by atoms with Crippen molar-refractivity contribution in [3.8, 4) is 0 Å². The number of morpholine rings is 3. The Morgan fingerprint density at radius 2 is 0.962 bits per heavy atom. The van der Waals surface area contributed by atoms with E-state index in [1.165, 1.54) is 84.3 Å². The van der Waals surface area contributed by atoms with E-state index in [4.69, 9.17) is 20.3 Å². The van der Waals surface area contributed by atoms with E-state index in [2.05, 4.69) is 25.3 Å². The van der Waals surface area contributed by atoms with E-state index >= 15 is 0 Å². The van der Waals surface area contributed by atoms with E-state index < -0.39 is 5.60 Å². The number of carbonyl (C=O) groups excluding carboxylic acids is 1. The van der Waals surface area contributed by atoms with Gasteiger partial charge in [0.05, 0.1) is 39.6 Å². The summed E-state index contributed by atoms with van der Waals surface area (Å²) in [5.41, 5.74) is 1.51. The minimum absolute atomic E-state index is 0. The lowest BCUT2D eigenvalue weighted by atomic mass is 9.57. The number of amides is 1. The van der Waals surface area contributed by atoms with Crippen LogP contribution in [0.1, 0.15) is 81.9 Å².